The Labute approximate surface area is 199 Å². The van der Waals surface area contributed by atoms with Crippen LogP contribution in [0.5, 0.6) is 0 Å². The van der Waals surface area contributed by atoms with E-state index in [1.165, 1.54) is 4.31 Å². The van der Waals surface area contributed by atoms with Crippen molar-refractivity contribution in [3.05, 3.63) is 99.5 Å². The number of halogens is 2. The van der Waals surface area contributed by atoms with E-state index in [1.807, 2.05) is 30.3 Å². The van der Waals surface area contributed by atoms with Gasteiger partial charge in [-0.05, 0) is 41.3 Å². The predicted molar refractivity (Wildman–Crippen MR) is 131 cm³/mol. The van der Waals surface area contributed by atoms with Gasteiger partial charge in [0.25, 0.3) is 5.91 Å². The van der Waals surface area contributed by atoms with Crippen LogP contribution in [-0.4, -0.2) is 27.1 Å². The maximum Gasteiger partial charge on any atom is 0.251 e. The number of amides is 1. The summed E-state index contributed by atoms with van der Waals surface area (Å²) in [6.07, 6.45) is 1.11. The van der Waals surface area contributed by atoms with E-state index in [0.717, 1.165) is 11.8 Å². The largest absolute Gasteiger partial charge is 0.351 e. The standard InChI is InChI=1S/C24H24Cl2N2O3S/c1-17(19-7-4-3-5-8-19)15-27-24(29)20-13-11-18(12-14-20)16-28(32(2,30)31)22-10-6-9-21(25)23(22)26/h3-14,17H,15-16H2,1-2H3,(H,27,29)/t17-/m0/s1. The summed E-state index contributed by atoms with van der Waals surface area (Å²) in [6.45, 7) is 2.63. The fraction of sp³-hybridized carbons (Fsp3) is 0.208. The van der Waals surface area contributed by atoms with E-state index in [4.69, 9.17) is 23.2 Å². The average molecular weight is 491 g/mol. The Hall–Kier alpha value is -2.54. The first-order valence-corrected chi connectivity index (χ1v) is 12.6. The van der Waals surface area contributed by atoms with Crippen LogP contribution in [-0.2, 0) is 16.6 Å². The SMILES string of the molecule is C[C@@H](CNC(=O)c1ccc(CN(c2cccc(Cl)c2Cl)S(C)(=O)=O)cc1)c1ccccc1. The zero-order chi connectivity index (χ0) is 23.3. The summed E-state index contributed by atoms with van der Waals surface area (Å²) < 4.78 is 26.0. The van der Waals surface area contributed by atoms with Gasteiger partial charge in [0.05, 0.1) is 28.5 Å². The minimum Gasteiger partial charge on any atom is -0.351 e. The van der Waals surface area contributed by atoms with Crippen molar-refractivity contribution < 1.29 is 13.2 Å². The van der Waals surface area contributed by atoms with Crippen LogP contribution < -0.4 is 9.62 Å². The minimum atomic E-state index is -3.62. The molecular formula is C24H24Cl2N2O3S. The third-order valence-electron chi connectivity index (χ3n) is 5.08. The minimum absolute atomic E-state index is 0.0613. The number of sulfonamides is 1. The first kappa shape index (κ1) is 24.1. The quantitative estimate of drug-likeness (QED) is 0.453. The molecule has 0 saturated carbocycles. The molecule has 32 heavy (non-hydrogen) atoms. The van der Waals surface area contributed by atoms with E-state index in [2.05, 4.69) is 12.2 Å². The molecule has 3 aromatic carbocycles. The molecule has 5 nitrogen and oxygen atoms in total. The molecule has 0 spiro atoms. The molecule has 0 aliphatic heterocycles. The molecule has 0 aromatic heterocycles. The summed E-state index contributed by atoms with van der Waals surface area (Å²) >= 11 is 12.3. The molecule has 0 aliphatic rings. The van der Waals surface area contributed by atoms with Crippen LogP contribution in [0.2, 0.25) is 10.0 Å². The predicted octanol–water partition coefficient (Wildman–Crippen LogP) is 5.49. The molecule has 8 heteroatoms. The van der Waals surface area contributed by atoms with Crippen LogP contribution in [0.1, 0.15) is 34.3 Å². The van der Waals surface area contributed by atoms with E-state index >= 15 is 0 Å². The molecule has 1 N–H and O–H groups in total. The van der Waals surface area contributed by atoms with Crippen LogP contribution >= 0.6 is 23.2 Å². The van der Waals surface area contributed by atoms with Crippen LogP contribution in [0.15, 0.2) is 72.8 Å². The second-order valence-corrected chi connectivity index (χ2v) is 10.3. The molecular weight excluding hydrogens is 467 g/mol. The summed E-state index contributed by atoms with van der Waals surface area (Å²) in [6, 6.07) is 21.6. The molecule has 1 amide bonds. The lowest BCUT2D eigenvalue weighted by Crippen LogP contribution is -2.30. The van der Waals surface area contributed by atoms with Crippen molar-refractivity contribution >= 4 is 44.8 Å². The second-order valence-electron chi connectivity index (χ2n) is 7.56. The van der Waals surface area contributed by atoms with Crippen molar-refractivity contribution in [1.29, 1.82) is 0 Å². The number of rotatable bonds is 8. The summed E-state index contributed by atoms with van der Waals surface area (Å²) in [7, 11) is -3.62. The van der Waals surface area contributed by atoms with E-state index in [1.54, 1.807) is 42.5 Å². The fourth-order valence-electron chi connectivity index (χ4n) is 3.24. The number of hydrogen-bond acceptors (Lipinski definition) is 3. The van der Waals surface area contributed by atoms with Crippen molar-refractivity contribution in [2.75, 3.05) is 17.1 Å². The molecule has 1 atom stereocenters. The highest BCUT2D eigenvalue weighted by atomic mass is 35.5. The lowest BCUT2D eigenvalue weighted by molar-refractivity contribution is 0.0951. The number of anilines is 1. The second kappa shape index (κ2) is 10.4. The number of benzene rings is 3. The van der Waals surface area contributed by atoms with Gasteiger partial charge in [-0.15, -0.1) is 0 Å². The topological polar surface area (TPSA) is 66.5 Å². The third kappa shape index (κ3) is 6.03. The molecule has 0 unspecified atom stereocenters. The van der Waals surface area contributed by atoms with E-state index < -0.39 is 10.0 Å². The fourth-order valence-corrected chi connectivity index (χ4v) is 4.58. The highest BCUT2D eigenvalue weighted by molar-refractivity contribution is 7.92. The summed E-state index contributed by atoms with van der Waals surface area (Å²) in [5, 5.41) is 3.39. The number of carbonyl (C=O) groups excluding carboxylic acids is 1. The van der Waals surface area contributed by atoms with E-state index in [9.17, 15) is 13.2 Å². The van der Waals surface area contributed by atoms with Crippen LogP contribution in [0.4, 0.5) is 5.69 Å². The zero-order valence-electron chi connectivity index (χ0n) is 17.8. The van der Waals surface area contributed by atoms with Gasteiger partial charge in [-0.2, -0.15) is 0 Å². The van der Waals surface area contributed by atoms with Crippen molar-refractivity contribution in [2.45, 2.75) is 19.4 Å². The van der Waals surface area contributed by atoms with Gasteiger partial charge in [0.1, 0.15) is 0 Å². The summed E-state index contributed by atoms with van der Waals surface area (Å²) in [5.41, 5.74) is 2.67. The molecule has 0 heterocycles. The molecule has 168 valence electrons. The first-order valence-electron chi connectivity index (χ1n) is 10.0. The van der Waals surface area contributed by atoms with Gasteiger partial charge < -0.3 is 5.32 Å². The molecule has 0 saturated heterocycles. The van der Waals surface area contributed by atoms with Gasteiger partial charge in [0.2, 0.25) is 10.0 Å². The van der Waals surface area contributed by atoms with E-state index in [-0.39, 0.29) is 28.4 Å². The van der Waals surface area contributed by atoms with Gasteiger partial charge in [-0.3, -0.25) is 9.10 Å². The normalized spacial score (nSPS) is 12.2. The molecule has 3 rings (SSSR count). The van der Waals surface area contributed by atoms with Gasteiger partial charge in [0.15, 0.2) is 0 Å². The smallest absolute Gasteiger partial charge is 0.251 e. The van der Waals surface area contributed by atoms with Gasteiger partial charge in [-0.1, -0.05) is 78.7 Å². The molecule has 0 aliphatic carbocycles. The monoisotopic (exact) mass is 490 g/mol. The first-order chi connectivity index (χ1) is 15.2. The Kier molecular flexibility index (Phi) is 7.82. The maximum atomic E-state index is 12.5. The Morgan fingerprint density at radius 2 is 1.62 bits per heavy atom. The number of carbonyl (C=O) groups is 1. The number of nitrogens with one attached hydrogen (secondary N) is 1. The number of hydrogen-bond donors (Lipinski definition) is 1. The summed E-state index contributed by atoms with van der Waals surface area (Å²) in [4.78, 5) is 12.5. The molecule has 0 radical (unpaired) electrons. The Morgan fingerprint density at radius 3 is 2.25 bits per heavy atom. The lowest BCUT2D eigenvalue weighted by atomic mass is 10.0. The zero-order valence-corrected chi connectivity index (χ0v) is 20.1. The van der Waals surface area contributed by atoms with Gasteiger partial charge in [0, 0.05) is 12.1 Å². The lowest BCUT2D eigenvalue weighted by Gasteiger charge is -2.24. The Balaban J connectivity index is 1.70. The highest BCUT2D eigenvalue weighted by Gasteiger charge is 2.21. The van der Waals surface area contributed by atoms with Crippen molar-refractivity contribution in [3.63, 3.8) is 0 Å². The van der Waals surface area contributed by atoms with Crippen molar-refractivity contribution in [1.82, 2.24) is 5.32 Å². The van der Waals surface area contributed by atoms with Crippen LogP contribution in [0.3, 0.4) is 0 Å². The van der Waals surface area contributed by atoms with Crippen molar-refractivity contribution in [2.24, 2.45) is 0 Å². The Bertz CT molecular complexity index is 1180. The molecule has 3 aromatic rings. The van der Waals surface area contributed by atoms with Crippen LogP contribution in [0, 0.1) is 0 Å². The van der Waals surface area contributed by atoms with Crippen molar-refractivity contribution in [3.8, 4) is 0 Å². The van der Waals surface area contributed by atoms with Gasteiger partial charge in [-0.25, -0.2) is 8.42 Å². The Morgan fingerprint density at radius 1 is 0.969 bits per heavy atom. The highest BCUT2D eigenvalue weighted by Crippen LogP contribution is 2.34. The van der Waals surface area contributed by atoms with Gasteiger partial charge >= 0.3 is 0 Å². The average Bonchev–Trinajstić information content (AvgIpc) is 2.78. The summed E-state index contributed by atoms with van der Waals surface area (Å²) in [5.74, 6) is 0.00220. The van der Waals surface area contributed by atoms with Crippen LogP contribution in [0.25, 0.3) is 0 Å². The molecule has 0 bridgehead atoms. The van der Waals surface area contributed by atoms with E-state index in [0.29, 0.717) is 23.4 Å². The maximum absolute atomic E-state index is 12.5. The number of nitrogens with zero attached hydrogens (tertiary/aromatic N) is 1. The molecule has 0 fully saturated rings. The third-order valence-corrected chi connectivity index (χ3v) is 7.02.